The van der Waals surface area contributed by atoms with Crippen molar-refractivity contribution in [1.29, 1.82) is 0 Å². The minimum Gasteiger partial charge on any atom is -0.337 e. The Morgan fingerprint density at radius 1 is 1.09 bits per heavy atom. The van der Waals surface area contributed by atoms with Gasteiger partial charge in [-0.25, -0.2) is 9.78 Å². The Balaban J connectivity index is 1.48. The minimum absolute atomic E-state index is 0.206. The maximum Gasteiger partial charge on any atom is 0.319 e. The molecule has 3 rings (SSSR count). The van der Waals surface area contributed by atoms with Crippen LogP contribution < -0.4 is 10.6 Å². The van der Waals surface area contributed by atoms with Gasteiger partial charge in [0.25, 0.3) is 0 Å². The third-order valence-electron chi connectivity index (χ3n) is 3.18. The summed E-state index contributed by atoms with van der Waals surface area (Å²) in [6.45, 7) is 0.544. The molecule has 2 heterocycles. The van der Waals surface area contributed by atoms with Crippen LogP contribution in [0.1, 0.15) is 5.01 Å². The van der Waals surface area contributed by atoms with Gasteiger partial charge >= 0.3 is 6.03 Å². The molecule has 0 saturated heterocycles. The van der Waals surface area contributed by atoms with E-state index in [1.807, 2.05) is 47.8 Å². The van der Waals surface area contributed by atoms with Gasteiger partial charge in [0, 0.05) is 42.0 Å². The summed E-state index contributed by atoms with van der Waals surface area (Å²) < 4.78 is 0. The second-order valence-electron chi connectivity index (χ2n) is 4.86. The summed E-state index contributed by atoms with van der Waals surface area (Å²) in [5, 5.41) is 8.64. The number of benzene rings is 1. The normalized spacial score (nSPS) is 10.3. The SMILES string of the molecule is O=C(NCCc1nc(-c2ccncc2)cs1)Nc1ccccc1. The third-order valence-corrected chi connectivity index (χ3v) is 4.09. The molecule has 0 aliphatic rings. The van der Waals surface area contributed by atoms with Crippen molar-refractivity contribution >= 4 is 23.1 Å². The highest BCUT2D eigenvalue weighted by molar-refractivity contribution is 7.09. The van der Waals surface area contributed by atoms with Crippen LogP contribution in [0.25, 0.3) is 11.3 Å². The molecule has 0 radical (unpaired) electrons. The van der Waals surface area contributed by atoms with E-state index >= 15 is 0 Å². The molecular weight excluding hydrogens is 308 g/mol. The fourth-order valence-corrected chi connectivity index (χ4v) is 2.87. The van der Waals surface area contributed by atoms with E-state index in [1.54, 1.807) is 23.7 Å². The van der Waals surface area contributed by atoms with Gasteiger partial charge in [-0.05, 0) is 24.3 Å². The molecule has 3 aromatic rings. The van der Waals surface area contributed by atoms with E-state index in [4.69, 9.17) is 0 Å². The molecule has 1 aromatic carbocycles. The van der Waals surface area contributed by atoms with Crippen LogP contribution in [-0.4, -0.2) is 22.5 Å². The van der Waals surface area contributed by atoms with Gasteiger partial charge in [0.1, 0.15) is 0 Å². The number of carbonyl (C=O) groups is 1. The zero-order valence-corrected chi connectivity index (χ0v) is 13.2. The Labute approximate surface area is 138 Å². The predicted molar refractivity (Wildman–Crippen MR) is 92.5 cm³/mol. The average Bonchev–Trinajstić information content (AvgIpc) is 3.05. The Kier molecular flexibility index (Phi) is 4.95. The lowest BCUT2D eigenvalue weighted by Crippen LogP contribution is -2.30. The molecule has 0 fully saturated rings. The molecule has 0 bridgehead atoms. The number of para-hydroxylation sites is 1. The van der Waals surface area contributed by atoms with Crippen LogP contribution in [0.3, 0.4) is 0 Å². The number of hydrogen-bond donors (Lipinski definition) is 2. The monoisotopic (exact) mass is 324 g/mol. The van der Waals surface area contributed by atoms with E-state index in [1.165, 1.54) is 0 Å². The van der Waals surface area contributed by atoms with E-state index in [2.05, 4.69) is 20.6 Å². The molecule has 0 atom stereocenters. The topological polar surface area (TPSA) is 66.9 Å². The fraction of sp³-hybridized carbons (Fsp3) is 0.118. The number of thiazole rings is 1. The smallest absolute Gasteiger partial charge is 0.319 e. The quantitative estimate of drug-likeness (QED) is 0.754. The van der Waals surface area contributed by atoms with Crippen LogP contribution >= 0.6 is 11.3 Å². The van der Waals surface area contributed by atoms with E-state index in [0.29, 0.717) is 13.0 Å². The van der Waals surface area contributed by atoms with Crippen LogP contribution in [0.5, 0.6) is 0 Å². The molecule has 23 heavy (non-hydrogen) atoms. The Morgan fingerprint density at radius 3 is 2.65 bits per heavy atom. The van der Waals surface area contributed by atoms with Crippen molar-refractivity contribution < 1.29 is 4.79 Å². The highest BCUT2D eigenvalue weighted by Crippen LogP contribution is 2.21. The Morgan fingerprint density at radius 2 is 1.87 bits per heavy atom. The summed E-state index contributed by atoms with van der Waals surface area (Å²) in [6.07, 6.45) is 4.21. The first kappa shape index (κ1) is 15.2. The highest BCUT2D eigenvalue weighted by Gasteiger charge is 2.05. The van der Waals surface area contributed by atoms with Crippen molar-refractivity contribution in [2.24, 2.45) is 0 Å². The molecule has 5 nitrogen and oxygen atoms in total. The maximum absolute atomic E-state index is 11.8. The molecule has 0 saturated carbocycles. The molecule has 0 aliphatic carbocycles. The largest absolute Gasteiger partial charge is 0.337 e. The summed E-state index contributed by atoms with van der Waals surface area (Å²) in [7, 11) is 0. The molecule has 2 aromatic heterocycles. The van der Waals surface area contributed by atoms with Crippen molar-refractivity contribution in [3.63, 3.8) is 0 Å². The standard InChI is InChI=1S/C17H16N4OS/c22-17(20-14-4-2-1-3-5-14)19-11-8-16-21-15(12-23-16)13-6-9-18-10-7-13/h1-7,9-10,12H,8,11H2,(H2,19,20,22). The van der Waals surface area contributed by atoms with Gasteiger partial charge in [-0.15, -0.1) is 11.3 Å². The van der Waals surface area contributed by atoms with Gasteiger partial charge in [0.05, 0.1) is 10.7 Å². The fourth-order valence-electron chi connectivity index (χ4n) is 2.06. The lowest BCUT2D eigenvalue weighted by atomic mass is 10.2. The number of pyridine rings is 1. The molecule has 0 aliphatic heterocycles. The molecule has 2 amide bonds. The maximum atomic E-state index is 11.8. The van der Waals surface area contributed by atoms with Gasteiger partial charge in [-0.1, -0.05) is 18.2 Å². The van der Waals surface area contributed by atoms with Gasteiger partial charge in [0.2, 0.25) is 0 Å². The predicted octanol–water partition coefficient (Wildman–Crippen LogP) is 3.57. The van der Waals surface area contributed by atoms with E-state index in [-0.39, 0.29) is 6.03 Å². The van der Waals surface area contributed by atoms with Crippen LogP contribution in [-0.2, 0) is 6.42 Å². The van der Waals surface area contributed by atoms with Crippen molar-refractivity contribution in [3.05, 3.63) is 65.2 Å². The number of hydrogen-bond acceptors (Lipinski definition) is 4. The van der Waals surface area contributed by atoms with E-state index < -0.39 is 0 Å². The molecule has 6 heteroatoms. The van der Waals surface area contributed by atoms with Crippen molar-refractivity contribution in [2.75, 3.05) is 11.9 Å². The van der Waals surface area contributed by atoms with Gasteiger partial charge in [-0.2, -0.15) is 0 Å². The number of amides is 2. The summed E-state index contributed by atoms with van der Waals surface area (Å²) in [5.41, 5.74) is 2.78. The van der Waals surface area contributed by atoms with Crippen LogP contribution in [0.2, 0.25) is 0 Å². The van der Waals surface area contributed by atoms with Crippen LogP contribution in [0, 0.1) is 0 Å². The van der Waals surface area contributed by atoms with Gasteiger partial charge < -0.3 is 10.6 Å². The molecule has 0 spiro atoms. The van der Waals surface area contributed by atoms with Crippen molar-refractivity contribution in [3.8, 4) is 11.3 Å². The van der Waals surface area contributed by atoms with E-state index in [9.17, 15) is 4.79 Å². The first-order valence-electron chi connectivity index (χ1n) is 7.26. The first-order chi connectivity index (χ1) is 11.3. The number of anilines is 1. The summed E-state index contributed by atoms with van der Waals surface area (Å²) in [4.78, 5) is 20.4. The number of rotatable bonds is 5. The average molecular weight is 324 g/mol. The van der Waals surface area contributed by atoms with Crippen LogP contribution in [0.4, 0.5) is 10.5 Å². The second-order valence-corrected chi connectivity index (χ2v) is 5.80. The zero-order valence-electron chi connectivity index (χ0n) is 12.4. The lowest BCUT2D eigenvalue weighted by molar-refractivity contribution is 0.252. The minimum atomic E-state index is -0.206. The molecule has 0 unspecified atom stereocenters. The number of nitrogens with zero attached hydrogens (tertiary/aromatic N) is 2. The number of carbonyl (C=O) groups excluding carboxylic acids is 1. The lowest BCUT2D eigenvalue weighted by Gasteiger charge is -2.06. The van der Waals surface area contributed by atoms with E-state index in [0.717, 1.165) is 22.0 Å². The molecule has 2 N–H and O–H groups in total. The molecular formula is C17H16N4OS. The zero-order chi connectivity index (χ0) is 15.9. The number of nitrogens with one attached hydrogen (secondary N) is 2. The van der Waals surface area contributed by atoms with Crippen molar-refractivity contribution in [2.45, 2.75) is 6.42 Å². The van der Waals surface area contributed by atoms with Gasteiger partial charge in [0.15, 0.2) is 0 Å². The summed E-state index contributed by atoms with van der Waals surface area (Å²) in [6, 6.07) is 13.0. The first-order valence-corrected chi connectivity index (χ1v) is 8.14. The van der Waals surface area contributed by atoms with Crippen LogP contribution in [0.15, 0.2) is 60.2 Å². The number of aromatic nitrogens is 2. The third kappa shape index (κ3) is 4.37. The number of urea groups is 1. The highest BCUT2D eigenvalue weighted by atomic mass is 32.1. The van der Waals surface area contributed by atoms with Crippen molar-refractivity contribution in [1.82, 2.24) is 15.3 Å². The Hall–Kier alpha value is -2.73. The summed E-state index contributed by atoms with van der Waals surface area (Å²) in [5.74, 6) is 0. The Bertz CT molecular complexity index is 759. The van der Waals surface area contributed by atoms with Gasteiger partial charge in [-0.3, -0.25) is 4.98 Å². The second kappa shape index (κ2) is 7.51. The summed E-state index contributed by atoms with van der Waals surface area (Å²) >= 11 is 1.60. The molecule has 116 valence electrons.